The second kappa shape index (κ2) is 4.27. The van der Waals surface area contributed by atoms with Crippen molar-refractivity contribution in [3.63, 3.8) is 0 Å². The average molecular weight is 223 g/mol. The maximum atomic E-state index is 11.2. The number of esters is 1. The Hall–Kier alpha value is -0.620. The summed E-state index contributed by atoms with van der Waals surface area (Å²) in [6.07, 6.45) is 1.03. The standard InChI is InChI=1S/C8H17NO4S/c1-8(2,3)13-7(10)6(9)5-14(4,11)12/h6H,5,9H2,1-4H3. The van der Waals surface area contributed by atoms with Crippen LogP contribution in [0.2, 0.25) is 0 Å². The molecule has 0 radical (unpaired) electrons. The summed E-state index contributed by atoms with van der Waals surface area (Å²) in [5.41, 5.74) is 4.71. The van der Waals surface area contributed by atoms with E-state index < -0.39 is 27.4 Å². The zero-order valence-corrected chi connectivity index (χ0v) is 9.72. The Morgan fingerprint density at radius 2 is 1.86 bits per heavy atom. The molecular weight excluding hydrogens is 206 g/mol. The summed E-state index contributed by atoms with van der Waals surface area (Å²) in [7, 11) is -3.25. The van der Waals surface area contributed by atoms with Gasteiger partial charge in [-0.3, -0.25) is 4.79 Å². The number of hydrogen-bond donors (Lipinski definition) is 1. The van der Waals surface area contributed by atoms with Crippen LogP contribution in [0.3, 0.4) is 0 Å². The molecule has 0 aromatic rings. The second-order valence-corrected chi connectivity index (χ2v) is 6.42. The molecule has 0 aliphatic rings. The molecule has 5 nitrogen and oxygen atoms in total. The van der Waals surface area contributed by atoms with Crippen LogP contribution in [0.5, 0.6) is 0 Å². The average Bonchev–Trinajstić information content (AvgIpc) is 1.78. The van der Waals surface area contributed by atoms with E-state index in [4.69, 9.17) is 10.5 Å². The van der Waals surface area contributed by atoms with Crippen LogP contribution in [-0.2, 0) is 19.4 Å². The van der Waals surface area contributed by atoms with Gasteiger partial charge in [-0.1, -0.05) is 0 Å². The van der Waals surface area contributed by atoms with E-state index in [2.05, 4.69) is 0 Å². The van der Waals surface area contributed by atoms with E-state index in [0.717, 1.165) is 6.26 Å². The first kappa shape index (κ1) is 13.4. The summed E-state index contributed by atoms with van der Waals surface area (Å²) in [5, 5.41) is 0. The number of rotatable bonds is 3. The fourth-order valence-electron chi connectivity index (χ4n) is 0.772. The van der Waals surface area contributed by atoms with Gasteiger partial charge in [-0.15, -0.1) is 0 Å². The van der Waals surface area contributed by atoms with E-state index in [0.29, 0.717) is 0 Å². The molecule has 0 amide bonds. The van der Waals surface area contributed by atoms with Crippen molar-refractivity contribution in [1.29, 1.82) is 0 Å². The Bertz CT molecular complexity index is 302. The second-order valence-electron chi connectivity index (χ2n) is 4.23. The van der Waals surface area contributed by atoms with Crippen molar-refractivity contribution < 1.29 is 17.9 Å². The molecule has 0 bridgehead atoms. The van der Waals surface area contributed by atoms with Crippen LogP contribution in [-0.4, -0.2) is 38.0 Å². The van der Waals surface area contributed by atoms with Gasteiger partial charge >= 0.3 is 5.97 Å². The molecule has 6 heteroatoms. The van der Waals surface area contributed by atoms with E-state index in [9.17, 15) is 13.2 Å². The van der Waals surface area contributed by atoms with E-state index in [1.165, 1.54) is 0 Å². The minimum absolute atomic E-state index is 0.387. The maximum absolute atomic E-state index is 11.2. The molecule has 0 saturated heterocycles. The van der Waals surface area contributed by atoms with Crippen LogP contribution in [0.1, 0.15) is 20.8 Å². The molecule has 1 unspecified atom stereocenters. The highest BCUT2D eigenvalue weighted by molar-refractivity contribution is 7.90. The third-order valence-corrected chi connectivity index (χ3v) is 2.16. The number of nitrogens with two attached hydrogens (primary N) is 1. The molecule has 0 aromatic heterocycles. The number of hydrogen-bond acceptors (Lipinski definition) is 5. The van der Waals surface area contributed by atoms with Gasteiger partial charge in [-0.05, 0) is 20.8 Å². The molecule has 84 valence electrons. The van der Waals surface area contributed by atoms with Gasteiger partial charge in [0, 0.05) is 6.26 Å². The van der Waals surface area contributed by atoms with Crippen LogP contribution >= 0.6 is 0 Å². The zero-order valence-electron chi connectivity index (χ0n) is 8.90. The summed E-state index contributed by atoms with van der Waals surface area (Å²) in [6.45, 7) is 5.08. The van der Waals surface area contributed by atoms with Gasteiger partial charge in [0.15, 0.2) is 0 Å². The molecule has 0 aromatic carbocycles. The molecule has 1 atom stereocenters. The van der Waals surface area contributed by atoms with Crippen LogP contribution < -0.4 is 5.73 Å². The van der Waals surface area contributed by atoms with E-state index in [1.807, 2.05) is 0 Å². The van der Waals surface area contributed by atoms with E-state index in [-0.39, 0.29) is 5.75 Å². The maximum Gasteiger partial charge on any atom is 0.324 e. The highest BCUT2D eigenvalue weighted by atomic mass is 32.2. The van der Waals surface area contributed by atoms with Crippen molar-refractivity contribution in [2.75, 3.05) is 12.0 Å². The third kappa shape index (κ3) is 6.85. The molecule has 0 aliphatic heterocycles. The van der Waals surface area contributed by atoms with Crippen molar-refractivity contribution in [2.45, 2.75) is 32.4 Å². The van der Waals surface area contributed by atoms with Gasteiger partial charge in [0.05, 0.1) is 5.75 Å². The Kier molecular flexibility index (Phi) is 4.08. The Morgan fingerprint density at radius 3 is 2.14 bits per heavy atom. The van der Waals surface area contributed by atoms with Gasteiger partial charge in [0.1, 0.15) is 21.5 Å². The Balaban J connectivity index is 4.29. The number of carbonyl (C=O) groups is 1. The van der Waals surface area contributed by atoms with Crippen LogP contribution in [0, 0.1) is 0 Å². The molecule has 0 saturated carbocycles. The first-order valence-electron chi connectivity index (χ1n) is 4.17. The molecule has 0 spiro atoms. The lowest BCUT2D eigenvalue weighted by atomic mass is 10.2. The summed E-state index contributed by atoms with van der Waals surface area (Å²) < 4.78 is 26.6. The summed E-state index contributed by atoms with van der Waals surface area (Å²) in [4.78, 5) is 11.2. The lowest BCUT2D eigenvalue weighted by Crippen LogP contribution is -2.41. The van der Waals surface area contributed by atoms with Crippen LogP contribution in [0.15, 0.2) is 0 Å². The lowest BCUT2D eigenvalue weighted by molar-refractivity contribution is -0.155. The Labute approximate surface area is 84.5 Å². The van der Waals surface area contributed by atoms with Gasteiger partial charge in [0.2, 0.25) is 0 Å². The van der Waals surface area contributed by atoms with Crippen molar-refractivity contribution in [3.8, 4) is 0 Å². The van der Waals surface area contributed by atoms with Gasteiger partial charge in [-0.2, -0.15) is 0 Å². The molecule has 2 N–H and O–H groups in total. The summed E-state index contributed by atoms with van der Waals surface area (Å²) >= 11 is 0. The quantitative estimate of drug-likeness (QED) is 0.664. The van der Waals surface area contributed by atoms with Gasteiger partial charge in [0.25, 0.3) is 0 Å². The first-order chi connectivity index (χ1) is 6.01. The number of ether oxygens (including phenoxy) is 1. The SMILES string of the molecule is CC(C)(C)OC(=O)C(N)CS(C)(=O)=O. The zero-order chi connectivity index (χ0) is 11.6. The lowest BCUT2D eigenvalue weighted by Gasteiger charge is -2.21. The highest BCUT2D eigenvalue weighted by Crippen LogP contribution is 2.08. The molecule has 0 heterocycles. The van der Waals surface area contributed by atoms with Crippen LogP contribution in [0.25, 0.3) is 0 Å². The van der Waals surface area contributed by atoms with E-state index in [1.54, 1.807) is 20.8 Å². The third-order valence-electron chi connectivity index (χ3n) is 1.19. The summed E-state index contributed by atoms with van der Waals surface area (Å²) in [5.74, 6) is -1.08. The van der Waals surface area contributed by atoms with Crippen molar-refractivity contribution in [3.05, 3.63) is 0 Å². The fraction of sp³-hybridized carbons (Fsp3) is 0.875. The normalized spacial score (nSPS) is 14.9. The smallest absolute Gasteiger partial charge is 0.324 e. The topological polar surface area (TPSA) is 86.5 Å². The van der Waals surface area contributed by atoms with Gasteiger partial charge in [-0.25, -0.2) is 8.42 Å². The number of carbonyl (C=O) groups excluding carboxylic acids is 1. The van der Waals surface area contributed by atoms with Crippen molar-refractivity contribution >= 4 is 15.8 Å². The number of sulfone groups is 1. The summed E-state index contributed by atoms with van der Waals surface area (Å²) in [6, 6.07) is -1.11. The van der Waals surface area contributed by atoms with E-state index >= 15 is 0 Å². The molecular formula is C8H17NO4S. The molecule has 0 fully saturated rings. The van der Waals surface area contributed by atoms with Crippen molar-refractivity contribution in [1.82, 2.24) is 0 Å². The minimum Gasteiger partial charge on any atom is -0.459 e. The van der Waals surface area contributed by atoms with Crippen molar-refractivity contribution in [2.24, 2.45) is 5.73 Å². The van der Waals surface area contributed by atoms with Gasteiger partial charge < -0.3 is 10.5 Å². The van der Waals surface area contributed by atoms with Crippen LogP contribution in [0.4, 0.5) is 0 Å². The highest BCUT2D eigenvalue weighted by Gasteiger charge is 2.24. The predicted molar refractivity (Wildman–Crippen MR) is 53.5 cm³/mol. The monoisotopic (exact) mass is 223 g/mol. The fourth-order valence-corrected chi connectivity index (χ4v) is 1.56. The Morgan fingerprint density at radius 1 is 1.43 bits per heavy atom. The molecule has 0 rings (SSSR count). The largest absolute Gasteiger partial charge is 0.459 e. The predicted octanol–water partition coefficient (Wildman–Crippen LogP) is -0.300. The first-order valence-corrected chi connectivity index (χ1v) is 6.23. The molecule has 14 heavy (non-hydrogen) atoms. The minimum atomic E-state index is -3.25. The molecule has 0 aliphatic carbocycles.